The average molecular weight is 324 g/mol. The van der Waals surface area contributed by atoms with Gasteiger partial charge in [-0.15, -0.1) is 0 Å². The Hall–Kier alpha value is -2.55. The first-order chi connectivity index (χ1) is 10.5. The van der Waals surface area contributed by atoms with E-state index < -0.39 is 27.2 Å². The van der Waals surface area contributed by atoms with Gasteiger partial charge in [0.2, 0.25) is 15.0 Å². The lowest BCUT2D eigenvalue weighted by Gasteiger charge is -2.04. The maximum atomic E-state index is 13.7. The Morgan fingerprint density at radius 1 is 1.18 bits per heavy atom. The largest absolute Gasteiger partial charge is 0.336 e. The zero-order valence-corrected chi connectivity index (χ0v) is 11.9. The van der Waals surface area contributed by atoms with Gasteiger partial charge in [0, 0.05) is 18.6 Å². The molecule has 1 N–H and O–H groups in total. The number of aromatic nitrogens is 4. The smallest absolute Gasteiger partial charge is 0.225 e. The molecule has 0 aliphatic carbocycles. The highest BCUT2D eigenvalue weighted by Gasteiger charge is 2.20. The Morgan fingerprint density at radius 3 is 2.55 bits per heavy atom. The number of imidazole rings is 1. The molecule has 114 valence electrons. The molecular formula is C13H10F2N4O2S. The van der Waals surface area contributed by atoms with E-state index in [-0.39, 0.29) is 16.5 Å². The number of halogens is 2. The van der Waals surface area contributed by atoms with Gasteiger partial charge in [-0.1, -0.05) is 6.07 Å². The van der Waals surface area contributed by atoms with Gasteiger partial charge in [-0.05, 0) is 18.2 Å². The van der Waals surface area contributed by atoms with Gasteiger partial charge in [0.25, 0.3) is 0 Å². The minimum Gasteiger partial charge on any atom is -0.336 e. The summed E-state index contributed by atoms with van der Waals surface area (Å²) in [5.41, 5.74) is -0.205. The molecule has 0 amide bonds. The van der Waals surface area contributed by atoms with Gasteiger partial charge in [0.15, 0.2) is 11.6 Å². The van der Waals surface area contributed by atoms with Crippen molar-refractivity contribution in [1.82, 2.24) is 19.7 Å². The quantitative estimate of drug-likeness (QED) is 0.794. The summed E-state index contributed by atoms with van der Waals surface area (Å²) in [7, 11) is -3.69. The summed E-state index contributed by atoms with van der Waals surface area (Å²) in [5, 5.41) is 3.73. The predicted octanol–water partition coefficient (Wildman–Crippen LogP) is 1.85. The van der Waals surface area contributed by atoms with Crippen LogP contribution in [0.2, 0.25) is 0 Å². The average Bonchev–Trinajstić information content (AvgIpc) is 3.10. The van der Waals surface area contributed by atoms with Crippen LogP contribution in [-0.4, -0.2) is 28.2 Å². The number of rotatable bonds is 4. The molecule has 3 rings (SSSR count). The standard InChI is InChI=1S/C13H10F2N4O2S/c14-10-2-1-3-11(15)12(10)19-7-4-9(18-19)8-22(20,21)13-16-5-6-17-13/h1-7H,8H2,(H,16,17). The van der Waals surface area contributed by atoms with Crippen molar-refractivity contribution in [3.63, 3.8) is 0 Å². The van der Waals surface area contributed by atoms with E-state index in [1.165, 1.54) is 30.7 Å². The zero-order valence-electron chi connectivity index (χ0n) is 11.1. The first-order valence-electron chi connectivity index (χ1n) is 6.18. The molecule has 2 heterocycles. The highest BCUT2D eigenvalue weighted by atomic mass is 32.2. The minimum absolute atomic E-state index is 0.152. The number of aromatic amines is 1. The van der Waals surface area contributed by atoms with E-state index in [4.69, 9.17) is 0 Å². The molecule has 0 spiro atoms. The first kappa shape index (κ1) is 14.4. The molecule has 3 aromatic rings. The molecule has 0 atom stereocenters. The number of H-pyrrole nitrogens is 1. The molecule has 22 heavy (non-hydrogen) atoms. The third-order valence-corrected chi connectivity index (χ3v) is 4.40. The van der Waals surface area contributed by atoms with Crippen LogP contribution in [0, 0.1) is 11.6 Å². The van der Waals surface area contributed by atoms with Crippen molar-refractivity contribution in [3.05, 3.63) is 60.2 Å². The van der Waals surface area contributed by atoms with Crippen LogP contribution in [0.1, 0.15) is 5.69 Å². The van der Waals surface area contributed by atoms with Gasteiger partial charge in [0.05, 0.1) is 5.69 Å². The molecule has 0 fully saturated rings. The summed E-state index contributed by atoms with van der Waals surface area (Å²) in [6.45, 7) is 0. The second kappa shape index (κ2) is 5.34. The monoisotopic (exact) mass is 324 g/mol. The van der Waals surface area contributed by atoms with E-state index in [9.17, 15) is 17.2 Å². The van der Waals surface area contributed by atoms with E-state index in [2.05, 4.69) is 15.1 Å². The van der Waals surface area contributed by atoms with Crippen molar-refractivity contribution in [2.45, 2.75) is 10.9 Å². The summed E-state index contributed by atoms with van der Waals surface area (Å²) >= 11 is 0. The summed E-state index contributed by atoms with van der Waals surface area (Å²) in [5.74, 6) is -2.00. The van der Waals surface area contributed by atoms with E-state index in [0.717, 1.165) is 16.8 Å². The Morgan fingerprint density at radius 2 is 1.91 bits per heavy atom. The Kier molecular flexibility index (Phi) is 3.49. The van der Waals surface area contributed by atoms with Gasteiger partial charge in [0.1, 0.15) is 11.4 Å². The van der Waals surface area contributed by atoms with Gasteiger partial charge in [-0.2, -0.15) is 5.10 Å². The number of benzene rings is 1. The lowest BCUT2D eigenvalue weighted by atomic mass is 10.3. The lowest BCUT2D eigenvalue weighted by Crippen LogP contribution is -2.08. The van der Waals surface area contributed by atoms with E-state index in [0.29, 0.717) is 0 Å². The number of hydrogen-bond acceptors (Lipinski definition) is 4. The molecule has 1 aromatic carbocycles. The number of sulfone groups is 1. The molecular weight excluding hydrogens is 314 g/mol. The maximum absolute atomic E-state index is 13.7. The molecule has 0 aliphatic rings. The molecule has 0 aliphatic heterocycles. The lowest BCUT2D eigenvalue weighted by molar-refractivity contribution is 0.559. The minimum atomic E-state index is -3.69. The normalized spacial score (nSPS) is 11.7. The van der Waals surface area contributed by atoms with Crippen molar-refractivity contribution in [2.24, 2.45) is 0 Å². The molecule has 0 saturated carbocycles. The van der Waals surface area contributed by atoms with Gasteiger partial charge < -0.3 is 4.98 Å². The molecule has 6 nitrogen and oxygen atoms in total. The van der Waals surface area contributed by atoms with Crippen LogP contribution in [0.25, 0.3) is 5.69 Å². The first-order valence-corrected chi connectivity index (χ1v) is 7.84. The van der Waals surface area contributed by atoms with Crippen molar-refractivity contribution >= 4 is 9.84 Å². The maximum Gasteiger partial charge on any atom is 0.225 e. The number of nitrogens with zero attached hydrogens (tertiary/aromatic N) is 3. The van der Waals surface area contributed by atoms with Crippen molar-refractivity contribution < 1.29 is 17.2 Å². The number of nitrogens with one attached hydrogen (secondary N) is 1. The summed E-state index contributed by atoms with van der Waals surface area (Å²) in [4.78, 5) is 6.18. The van der Waals surface area contributed by atoms with Crippen LogP contribution in [0.15, 0.2) is 48.0 Å². The Balaban J connectivity index is 1.92. The molecule has 9 heteroatoms. The fourth-order valence-corrected chi connectivity index (χ4v) is 3.10. The summed E-state index contributed by atoms with van der Waals surface area (Å²) in [6.07, 6.45) is 4.01. The Labute approximate surface area is 124 Å². The van der Waals surface area contributed by atoms with Crippen LogP contribution in [0.4, 0.5) is 8.78 Å². The highest BCUT2D eigenvalue weighted by molar-refractivity contribution is 7.90. The number of hydrogen-bond donors (Lipinski definition) is 1. The topological polar surface area (TPSA) is 80.6 Å². The summed E-state index contributed by atoms with van der Waals surface area (Å²) < 4.78 is 52.4. The molecule has 2 aromatic heterocycles. The fraction of sp³-hybridized carbons (Fsp3) is 0.0769. The second-order valence-corrected chi connectivity index (χ2v) is 6.38. The molecule has 0 saturated heterocycles. The third-order valence-electron chi connectivity index (χ3n) is 2.92. The van der Waals surface area contributed by atoms with E-state index >= 15 is 0 Å². The van der Waals surface area contributed by atoms with E-state index in [1.54, 1.807) is 0 Å². The van der Waals surface area contributed by atoms with Crippen molar-refractivity contribution in [3.8, 4) is 5.69 Å². The van der Waals surface area contributed by atoms with Gasteiger partial charge >= 0.3 is 0 Å². The number of para-hydroxylation sites is 1. The van der Waals surface area contributed by atoms with Crippen molar-refractivity contribution in [2.75, 3.05) is 0 Å². The van der Waals surface area contributed by atoms with Crippen molar-refractivity contribution in [1.29, 1.82) is 0 Å². The third kappa shape index (κ3) is 2.62. The highest BCUT2D eigenvalue weighted by Crippen LogP contribution is 2.18. The van der Waals surface area contributed by atoms with Gasteiger partial charge in [-0.3, -0.25) is 0 Å². The van der Waals surface area contributed by atoms with Crippen LogP contribution >= 0.6 is 0 Å². The fourth-order valence-electron chi connectivity index (χ4n) is 1.96. The summed E-state index contributed by atoms with van der Waals surface area (Å²) in [6, 6.07) is 4.81. The molecule has 0 radical (unpaired) electrons. The van der Waals surface area contributed by atoms with E-state index in [1.807, 2.05) is 0 Å². The van der Waals surface area contributed by atoms with Crippen LogP contribution in [-0.2, 0) is 15.6 Å². The Bertz CT molecular complexity index is 884. The van der Waals surface area contributed by atoms with Crippen LogP contribution in [0.5, 0.6) is 0 Å². The zero-order chi connectivity index (χ0) is 15.7. The SMILES string of the molecule is O=S(=O)(Cc1ccn(-c2c(F)cccc2F)n1)c1ncc[nH]1. The molecule has 0 bridgehead atoms. The predicted molar refractivity (Wildman–Crippen MR) is 73.0 cm³/mol. The second-order valence-electron chi connectivity index (χ2n) is 4.48. The molecule has 0 unspecified atom stereocenters. The van der Waals surface area contributed by atoms with Crippen LogP contribution in [0.3, 0.4) is 0 Å². The van der Waals surface area contributed by atoms with Gasteiger partial charge in [-0.25, -0.2) is 26.9 Å². The van der Waals surface area contributed by atoms with Crippen LogP contribution < -0.4 is 0 Å².